The minimum atomic E-state index is -1.26. The van der Waals surface area contributed by atoms with E-state index in [1.54, 1.807) is 12.5 Å². The van der Waals surface area contributed by atoms with E-state index in [1.807, 2.05) is 24.3 Å². The Morgan fingerprint density at radius 1 is 0.930 bits per heavy atom. The fourth-order valence-electron chi connectivity index (χ4n) is 4.27. The van der Waals surface area contributed by atoms with Gasteiger partial charge in [-0.2, -0.15) is 11.8 Å². The van der Waals surface area contributed by atoms with Crippen molar-refractivity contribution in [2.45, 2.75) is 62.7 Å². The van der Waals surface area contributed by atoms with Crippen LogP contribution in [0.4, 0.5) is 0 Å². The van der Waals surface area contributed by atoms with Crippen LogP contribution in [0.5, 0.6) is 0 Å². The second-order valence-corrected chi connectivity index (χ2v) is 10.9. The Kier molecular flexibility index (Phi) is 14.3. The molecule has 0 radical (unpaired) electrons. The second kappa shape index (κ2) is 17.6. The monoisotopic (exact) mass is 619 g/mol. The molecule has 0 aliphatic heterocycles. The molecule has 0 bridgehead atoms. The molecule has 15 nitrogen and oxygen atoms in total. The van der Waals surface area contributed by atoms with Crippen LogP contribution in [0.15, 0.2) is 35.5 Å². The van der Waals surface area contributed by atoms with Crippen molar-refractivity contribution in [3.8, 4) is 0 Å². The summed E-state index contributed by atoms with van der Waals surface area (Å²) in [6.45, 7) is 0.154. The van der Waals surface area contributed by atoms with Crippen LogP contribution in [0, 0.1) is 0 Å². The van der Waals surface area contributed by atoms with Crippen molar-refractivity contribution < 1.29 is 29.1 Å². The van der Waals surface area contributed by atoms with Crippen molar-refractivity contribution in [1.82, 2.24) is 20.9 Å². The van der Waals surface area contributed by atoms with E-state index in [-0.39, 0.29) is 51.0 Å². The number of thioether (sulfide) groups is 1. The van der Waals surface area contributed by atoms with Gasteiger partial charge in [-0.3, -0.25) is 24.2 Å². The Labute approximate surface area is 253 Å². The van der Waals surface area contributed by atoms with E-state index in [1.165, 1.54) is 11.8 Å². The maximum atomic E-state index is 13.4. The van der Waals surface area contributed by atoms with E-state index in [4.69, 9.17) is 22.9 Å². The molecule has 2 aromatic rings. The summed E-state index contributed by atoms with van der Waals surface area (Å²) in [4.78, 5) is 69.7. The zero-order valence-corrected chi connectivity index (χ0v) is 24.8. The zero-order chi connectivity index (χ0) is 31.9. The summed E-state index contributed by atoms with van der Waals surface area (Å²) in [5.74, 6) is -3.73. The lowest BCUT2D eigenvalue weighted by Gasteiger charge is -2.25. The molecule has 1 aromatic heterocycles. The topological polar surface area (TPSA) is 274 Å². The summed E-state index contributed by atoms with van der Waals surface area (Å²) in [5.41, 5.74) is 23.9. The maximum absolute atomic E-state index is 13.4. The predicted octanol–water partition coefficient (Wildman–Crippen LogP) is -1.35. The number of hydrogen-bond donors (Lipinski definition) is 9. The Balaban J connectivity index is 2.18. The van der Waals surface area contributed by atoms with Crippen molar-refractivity contribution in [2.75, 3.05) is 18.6 Å². The average molecular weight is 620 g/mol. The van der Waals surface area contributed by atoms with Gasteiger partial charge in [0.1, 0.15) is 18.1 Å². The number of primary amides is 1. The molecule has 43 heavy (non-hydrogen) atoms. The maximum Gasteiger partial charge on any atom is 0.326 e. The second-order valence-electron chi connectivity index (χ2n) is 9.93. The number of aliphatic imine (C=N–C) groups is 1. The van der Waals surface area contributed by atoms with Gasteiger partial charge in [0.15, 0.2) is 5.96 Å². The Morgan fingerprint density at radius 2 is 1.56 bits per heavy atom. The van der Waals surface area contributed by atoms with E-state index in [0.717, 1.165) is 16.5 Å². The lowest BCUT2D eigenvalue weighted by molar-refractivity contribution is -0.142. The first kappa shape index (κ1) is 34.9. The number of rotatable bonds is 19. The SMILES string of the molecule is CSCCC(NC(=O)C(CCCN=C(N)N)NC(=O)C(CCC(N)=O)NC(=O)C(N)Cc1c[nH]c2ccccc12)C(=O)O. The number of carboxylic acids is 1. The lowest BCUT2D eigenvalue weighted by Crippen LogP contribution is -2.57. The van der Waals surface area contributed by atoms with Crippen LogP contribution >= 0.6 is 11.8 Å². The number of nitrogens with zero attached hydrogens (tertiary/aromatic N) is 1. The van der Waals surface area contributed by atoms with Gasteiger partial charge in [0, 0.05) is 30.1 Å². The molecule has 0 aliphatic rings. The molecule has 236 valence electrons. The third-order valence-electron chi connectivity index (χ3n) is 6.57. The third-order valence-corrected chi connectivity index (χ3v) is 7.21. The number of aliphatic carboxylic acids is 1. The van der Waals surface area contributed by atoms with Gasteiger partial charge in [0.05, 0.1) is 6.04 Å². The molecule has 1 heterocycles. The Hall–Kier alpha value is -4.31. The van der Waals surface area contributed by atoms with E-state index in [0.29, 0.717) is 5.75 Å². The molecular formula is C27H41N9O6S. The zero-order valence-electron chi connectivity index (χ0n) is 24.0. The quantitative estimate of drug-likeness (QED) is 0.0506. The highest BCUT2D eigenvalue weighted by Gasteiger charge is 2.30. The number of hydrogen-bond acceptors (Lipinski definition) is 8. The predicted molar refractivity (Wildman–Crippen MR) is 165 cm³/mol. The number of carbonyl (C=O) groups excluding carboxylic acids is 4. The molecule has 4 unspecified atom stereocenters. The normalized spacial score (nSPS) is 13.7. The third kappa shape index (κ3) is 11.8. The van der Waals surface area contributed by atoms with Crippen LogP contribution in [-0.4, -0.2) is 88.4 Å². The van der Waals surface area contributed by atoms with E-state index in [2.05, 4.69) is 25.9 Å². The molecule has 4 amide bonds. The first-order chi connectivity index (χ1) is 20.4. The molecule has 0 spiro atoms. The number of H-pyrrole nitrogens is 1. The first-order valence-electron chi connectivity index (χ1n) is 13.7. The van der Waals surface area contributed by atoms with E-state index >= 15 is 0 Å². The summed E-state index contributed by atoms with van der Waals surface area (Å²) in [7, 11) is 0. The molecule has 4 atom stereocenters. The van der Waals surface area contributed by atoms with Gasteiger partial charge in [-0.1, -0.05) is 18.2 Å². The van der Waals surface area contributed by atoms with Gasteiger partial charge in [-0.05, 0) is 55.7 Å². The van der Waals surface area contributed by atoms with Crippen LogP contribution in [-0.2, 0) is 30.4 Å². The summed E-state index contributed by atoms with van der Waals surface area (Å²) in [6.07, 6.45) is 3.84. The average Bonchev–Trinajstić information content (AvgIpc) is 3.36. The van der Waals surface area contributed by atoms with Gasteiger partial charge in [0.2, 0.25) is 23.6 Å². The van der Waals surface area contributed by atoms with Crippen molar-refractivity contribution >= 4 is 58.2 Å². The fraction of sp³-hybridized carbons (Fsp3) is 0.481. The van der Waals surface area contributed by atoms with Crippen LogP contribution < -0.4 is 38.9 Å². The molecule has 0 aliphatic carbocycles. The highest BCUT2D eigenvalue weighted by molar-refractivity contribution is 7.98. The van der Waals surface area contributed by atoms with Gasteiger partial charge in [-0.25, -0.2) is 4.79 Å². The molecule has 0 saturated heterocycles. The Bertz CT molecular complexity index is 1300. The largest absolute Gasteiger partial charge is 0.480 e. The molecule has 1 aromatic carbocycles. The number of benzene rings is 1. The highest BCUT2D eigenvalue weighted by atomic mass is 32.2. The van der Waals surface area contributed by atoms with Gasteiger partial charge in [0.25, 0.3) is 0 Å². The smallest absolute Gasteiger partial charge is 0.326 e. The van der Waals surface area contributed by atoms with Gasteiger partial charge < -0.3 is 49.0 Å². The molecule has 2 rings (SSSR count). The number of aromatic amines is 1. The van der Waals surface area contributed by atoms with E-state index < -0.39 is 53.8 Å². The molecule has 16 heteroatoms. The number of para-hydroxylation sites is 1. The summed E-state index contributed by atoms with van der Waals surface area (Å²) >= 11 is 1.42. The molecule has 0 saturated carbocycles. The van der Waals surface area contributed by atoms with Crippen molar-refractivity contribution in [1.29, 1.82) is 0 Å². The standard InChI is InChI=1S/C27H41N9O6S/c1-43-12-10-21(26(41)42)36-24(39)19(7-4-11-32-27(30)31)35-25(40)20(8-9-22(29)37)34-23(38)17(28)13-15-14-33-18-6-3-2-5-16(15)18/h2-3,5-6,14,17,19-21,33H,4,7-13,28H2,1H3,(H2,29,37)(H,34,38)(H,35,40)(H,36,39)(H,41,42)(H4,30,31,32). The number of nitrogens with one attached hydrogen (secondary N) is 4. The minimum Gasteiger partial charge on any atom is -0.480 e. The number of amides is 4. The highest BCUT2D eigenvalue weighted by Crippen LogP contribution is 2.19. The van der Waals surface area contributed by atoms with Crippen LogP contribution in [0.1, 0.15) is 37.7 Å². The van der Waals surface area contributed by atoms with Crippen molar-refractivity contribution in [3.63, 3.8) is 0 Å². The summed E-state index contributed by atoms with van der Waals surface area (Å²) in [6, 6.07) is 2.86. The summed E-state index contributed by atoms with van der Waals surface area (Å²) < 4.78 is 0. The number of nitrogens with two attached hydrogens (primary N) is 4. The van der Waals surface area contributed by atoms with Crippen molar-refractivity contribution in [3.05, 3.63) is 36.0 Å². The number of carboxylic acid groups (broad SMARTS) is 1. The number of guanidine groups is 1. The van der Waals surface area contributed by atoms with Crippen molar-refractivity contribution in [2.24, 2.45) is 27.9 Å². The first-order valence-corrected chi connectivity index (χ1v) is 15.1. The fourth-order valence-corrected chi connectivity index (χ4v) is 4.75. The lowest BCUT2D eigenvalue weighted by atomic mass is 10.0. The number of aromatic nitrogens is 1. The van der Waals surface area contributed by atoms with Crippen LogP contribution in [0.25, 0.3) is 10.9 Å². The molecule has 0 fully saturated rings. The van der Waals surface area contributed by atoms with Gasteiger partial charge in [-0.15, -0.1) is 0 Å². The molecular weight excluding hydrogens is 578 g/mol. The summed E-state index contributed by atoms with van der Waals surface area (Å²) in [5, 5.41) is 18.0. The van der Waals surface area contributed by atoms with Crippen LogP contribution in [0.2, 0.25) is 0 Å². The van der Waals surface area contributed by atoms with E-state index in [9.17, 15) is 29.1 Å². The van der Waals surface area contributed by atoms with Gasteiger partial charge >= 0.3 is 5.97 Å². The number of carbonyl (C=O) groups is 5. The Morgan fingerprint density at radius 3 is 2.19 bits per heavy atom. The minimum absolute atomic E-state index is 0.0553. The van der Waals surface area contributed by atoms with Crippen LogP contribution in [0.3, 0.4) is 0 Å². The number of fused-ring (bicyclic) bond motifs is 1. The molecule has 13 N–H and O–H groups in total.